The number of hydrogen-bond acceptors (Lipinski definition) is 2. The average molecular weight is 348 g/mol. The van der Waals surface area contributed by atoms with E-state index in [1.165, 1.54) is 5.56 Å². The highest BCUT2D eigenvalue weighted by Crippen LogP contribution is 2.21. The lowest BCUT2D eigenvalue weighted by atomic mass is 10.1. The zero-order chi connectivity index (χ0) is 14.1. The number of benzene rings is 1. The first kappa shape index (κ1) is 13.5. The van der Waals surface area contributed by atoms with Crippen LogP contribution in [-0.2, 0) is 13.0 Å². The molecule has 3 rings (SSSR count). The van der Waals surface area contributed by atoms with Crippen molar-refractivity contribution in [1.29, 1.82) is 0 Å². The SMILES string of the molecule is CCc1cccnc1Cn1c(=S)[nH]c2ccc(Br)cc21. The van der Waals surface area contributed by atoms with Crippen molar-refractivity contribution >= 4 is 39.2 Å². The minimum absolute atomic E-state index is 0.694. The van der Waals surface area contributed by atoms with Crippen molar-refractivity contribution in [3.8, 4) is 0 Å². The quantitative estimate of drug-likeness (QED) is 0.709. The number of imidazole rings is 1. The number of aromatic amines is 1. The van der Waals surface area contributed by atoms with Crippen molar-refractivity contribution in [2.75, 3.05) is 0 Å². The lowest BCUT2D eigenvalue weighted by molar-refractivity contribution is 0.771. The molecular weight excluding hydrogens is 334 g/mol. The summed E-state index contributed by atoms with van der Waals surface area (Å²) in [4.78, 5) is 7.74. The van der Waals surface area contributed by atoms with E-state index in [1.54, 1.807) is 0 Å². The minimum Gasteiger partial charge on any atom is -0.331 e. The number of pyridine rings is 1. The average Bonchev–Trinajstić information content (AvgIpc) is 2.76. The Balaban J connectivity index is 2.13. The molecule has 0 aliphatic carbocycles. The summed E-state index contributed by atoms with van der Waals surface area (Å²) in [5.41, 5.74) is 4.48. The Kier molecular flexibility index (Phi) is 3.72. The smallest absolute Gasteiger partial charge is 0.178 e. The number of nitrogens with zero attached hydrogens (tertiary/aromatic N) is 2. The molecule has 0 spiro atoms. The molecule has 0 amide bonds. The van der Waals surface area contributed by atoms with Gasteiger partial charge in [0.15, 0.2) is 4.77 Å². The lowest BCUT2D eigenvalue weighted by Gasteiger charge is -2.08. The third kappa shape index (κ3) is 2.43. The molecule has 0 bridgehead atoms. The molecule has 20 heavy (non-hydrogen) atoms. The molecule has 0 fully saturated rings. The molecule has 0 saturated carbocycles. The molecule has 3 aromatic rings. The second-order valence-electron chi connectivity index (χ2n) is 4.64. The molecule has 0 atom stereocenters. The van der Waals surface area contributed by atoms with Gasteiger partial charge in [0, 0.05) is 10.7 Å². The first-order valence-electron chi connectivity index (χ1n) is 6.50. The Hall–Kier alpha value is -1.46. The number of halogens is 1. The van der Waals surface area contributed by atoms with Gasteiger partial charge in [0.25, 0.3) is 0 Å². The molecule has 0 aliphatic rings. The fraction of sp³-hybridized carbons (Fsp3) is 0.200. The number of hydrogen-bond donors (Lipinski definition) is 1. The van der Waals surface area contributed by atoms with Gasteiger partial charge < -0.3 is 9.55 Å². The van der Waals surface area contributed by atoms with Crippen LogP contribution >= 0.6 is 28.1 Å². The van der Waals surface area contributed by atoms with Crippen LogP contribution in [0.4, 0.5) is 0 Å². The van der Waals surface area contributed by atoms with Crippen molar-refractivity contribution in [2.45, 2.75) is 19.9 Å². The standard InChI is InChI=1S/C15H14BrN3S/c1-2-10-4-3-7-17-13(10)9-19-14-8-11(16)5-6-12(14)18-15(19)20/h3-8H,2,9H2,1H3,(H,18,20). The van der Waals surface area contributed by atoms with Crippen molar-refractivity contribution in [3.63, 3.8) is 0 Å². The molecule has 1 aromatic carbocycles. The molecule has 0 aliphatic heterocycles. The predicted octanol–water partition coefficient (Wildman–Crippen LogP) is 4.47. The number of H-pyrrole nitrogens is 1. The summed E-state index contributed by atoms with van der Waals surface area (Å²) in [6.45, 7) is 2.84. The predicted molar refractivity (Wildman–Crippen MR) is 87.5 cm³/mol. The Labute approximate surface area is 130 Å². The molecule has 5 heteroatoms. The van der Waals surface area contributed by atoms with Crippen LogP contribution in [0.25, 0.3) is 11.0 Å². The third-order valence-corrected chi connectivity index (χ3v) is 4.23. The van der Waals surface area contributed by atoms with Crippen LogP contribution in [0.3, 0.4) is 0 Å². The second kappa shape index (κ2) is 5.50. The van der Waals surface area contributed by atoms with Gasteiger partial charge in [-0.15, -0.1) is 0 Å². The first-order chi connectivity index (χ1) is 9.69. The summed E-state index contributed by atoms with van der Waals surface area (Å²) in [5, 5.41) is 0. The highest BCUT2D eigenvalue weighted by molar-refractivity contribution is 9.10. The van der Waals surface area contributed by atoms with Gasteiger partial charge >= 0.3 is 0 Å². The van der Waals surface area contributed by atoms with Gasteiger partial charge in [-0.05, 0) is 48.5 Å². The van der Waals surface area contributed by atoms with Crippen LogP contribution in [0.5, 0.6) is 0 Å². The van der Waals surface area contributed by atoms with E-state index in [9.17, 15) is 0 Å². The molecule has 2 heterocycles. The second-order valence-corrected chi connectivity index (χ2v) is 5.94. The van der Waals surface area contributed by atoms with Gasteiger partial charge in [-0.3, -0.25) is 4.98 Å². The molecule has 0 saturated heterocycles. The number of nitrogens with one attached hydrogen (secondary N) is 1. The zero-order valence-electron chi connectivity index (χ0n) is 11.1. The Morgan fingerprint density at radius 2 is 2.20 bits per heavy atom. The summed E-state index contributed by atoms with van der Waals surface area (Å²) >= 11 is 8.95. The van der Waals surface area contributed by atoms with E-state index in [0.29, 0.717) is 6.54 Å². The Morgan fingerprint density at radius 1 is 1.35 bits per heavy atom. The van der Waals surface area contributed by atoms with Crippen LogP contribution < -0.4 is 0 Å². The van der Waals surface area contributed by atoms with Crippen LogP contribution in [0.1, 0.15) is 18.2 Å². The highest BCUT2D eigenvalue weighted by Gasteiger charge is 2.08. The van der Waals surface area contributed by atoms with E-state index in [1.807, 2.05) is 24.4 Å². The molecule has 3 nitrogen and oxygen atoms in total. The topological polar surface area (TPSA) is 33.6 Å². The minimum atomic E-state index is 0.694. The van der Waals surface area contributed by atoms with Crippen molar-refractivity contribution in [3.05, 3.63) is 57.0 Å². The Bertz CT molecular complexity index is 819. The first-order valence-corrected chi connectivity index (χ1v) is 7.70. The van der Waals surface area contributed by atoms with Crippen LogP contribution in [-0.4, -0.2) is 14.5 Å². The lowest BCUT2D eigenvalue weighted by Crippen LogP contribution is -2.05. The van der Waals surface area contributed by atoms with E-state index < -0.39 is 0 Å². The fourth-order valence-electron chi connectivity index (χ4n) is 2.37. The van der Waals surface area contributed by atoms with Gasteiger partial charge in [-0.1, -0.05) is 28.9 Å². The summed E-state index contributed by atoms with van der Waals surface area (Å²) in [7, 11) is 0. The number of fused-ring (bicyclic) bond motifs is 1. The molecule has 0 radical (unpaired) electrons. The monoisotopic (exact) mass is 347 g/mol. The van der Waals surface area contributed by atoms with Gasteiger partial charge in [0.1, 0.15) is 0 Å². The largest absolute Gasteiger partial charge is 0.331 e. The molecule has 102 valence electrons. The number of aryl methyl sites for hydroxylation is 1. The van der Waals surface area contributed by atoms with Crippen molar-refractivity contribution in [1.82, 2.24) is 14.5 Å². The van der Waals surface area contributed by atoms with Crippen molar-refractivity contribution in [2.24, 2.45) is 0 Å². The molecule has 0 unspecified atom stereocenters. The van der Waals surface area contributed by atoms with Crippen LogP contribution in [0, 0.1) is 4.77 Å². The maximum atomic E-state index is 5.44. The van der Waals surface area contributed by atoms with Crippen LogP contribution in [0.15, 0.2) is 41.0 Å². The van der Waals surface area contributed by atoms with Crippen LogP contribution in [0.2, 0.25) is 0 Å². The molecule has 2 aromatic heterocycles. The normalized spacial score (nSPS) is 11.1. The van der Waals surface area contributed by atoms with E-state index in [0.717, 1.165) is 32.4 Å². The summed E-state index contributed by atoms with van der Waals surface area (Å²) in [6, 6.07) is 10.2. The van der Waals surface area contributed by atoms with Gasteiger partial charge in [0.2, 0.25) is 0 Å². The summed E-state index contributed by atoms with van der Waals surface area (Å²) in [6.07, 6.45) is 2.81. The highest BCUT2D eigenvalue weighted by atomic mass is 79.9. The third-order valence-electron chi connectivity index (χ3n) is 3.41. The molecule has 1 N–H and O–H groups in total. The maximum Gasteiger partial charge on any atom is 0.178 e. The number of rotatable bonds is 3. The molecular formula is C15H14BrN3S. The van der Waals surface area contributed by atoms with Gasteiger partial charge in [0.05, 0.1) is 23.3 Å². The fourth-order valence-corrected chi connectivity index (χ4v) is 2.99. The summed E-state index contributed by atoms with van der Waals surface area (Å²) in [5.74, 6) is 0. The van der Waals surface area contributed by atoms with E-state index in [-0.39, 0.29) is 0 Å². The van der Waals surface area contributed by atoms with E-state index >= 15 is 0 Å². The van der Waals surface area contributed by atoms with Gasteiger partial charge in [-0.25, -0.2) is 0 Å². The Morgan fingerprint density at radius 3 is 3.00 bits per heavy atom. The maximum absolute atomic E-state index is 5.44. The van der Waals surface area contributed by atoms with Gasteiger partial charge in [-0.2, -0.15) is 0 Å². The zero-order valence-corrected chi connectivity index (χ0v) is 13.5. The van der Waals surface area contributed by atoms with E-state index in [2.05, 4.69) is 49.5 Å². The van der Waals surface area contributed by atoms with Crippen molar-refractivity contribution < 1.29 is 0 Å². The summed E-state index contributed by atoms with van der Waals surface area (Å²) < 4.78 is 3.87. The number of aromatic nitrogens is 3. The van der Waals surface area contributed by atoms with E-state index in [4.69, 9.17) is 12.2 Å².